The summed E-state index contributed by atoms with van der Waals surface area (Å²) >= 11 is 0. The van der Waals surface area contributed by atoms with Crippen LogP contribution in [0, 0.1) is 0 Å². The summed E-state index contributed by atoms with van der Waals surface area (Å²) in [7, 11) is -0.168. The first-order valence-electron chi connectivity index (χ1n) is 14.4. The van der Waals surface area contributed by atoms with Gasteiger partial charge >= 0.3 is 0 Å². The molecule has 0 radical (unpaired) electrons. The summed E-state index contributed by atoms with van der Waals surface area (Å²) in [5, 5.41) is 4.35. The molecule has 11 heteroatoms. The summed E-state index contributed by atoms with van der Waals surface area (Å²) in [6.07, 6.45) is 4.07. The monoisotopic (exact) mass is 601 g/mol. The van der Waals surface area contributed by atoms with Crippen LogP contribution in [0.3, 0.4) is 0 Å². The van der Waals surface area contributed by atoms with Gasteiger partial charge in [0.1, 0.15) is 18.0 Å². The number of aromatic nitrogens is 3. The first-order valence-corrected chi connectivity index (χ1v) is 16.0. The van der Waals surface area contributed by atoms with E-state index in [9.17, 15) is 13.2 Å². The van der Waals surface area contributed by atoms with Crippen LogP contribution in [0.2, 0.25) is 0 Å². The average Bonchev–Trinajstić information content (AvgIpc) is 3.77. The Balaban J connectivity index is 1.15. The molecule has 1 amide bonds. The molecule has 2 fully saturated rings. The fourth-order valence-corrected chi connectivity index (χ4v) is 7.85. The van der Waals surface area contributed by atoms with Gasteiger partial charge in [-0.15, -0.1) is 0 Å². The second-order valence-corrected chi connectivity index (χ2v) is 12.9. The van der Waals surface area contributed by atoms with E-state index in [-0.39, 0.29) is 23.8 Å². The zero-order chi connectivity index (χ0) is 30.0. The number of methoxy groups -OCH3 is 1. The van der Waals surface area contributed by atoms with E-state index < -0.39 is 16.1 Å². The molecule has 0 N–H and O–H groups in total. The Morgan fingerprint density at radius 1 is 1.00 bits per heavy atom. The lowest BCUT2D eigenvalue weighted by Gasteiger charge is -2.24. The van der Waals surface area contributed by atoms with Gasteiger partial charge in [0.25, 0.3) is 5.91 Å². The molecular weight excluding hydrogens is 566 g/mol. The number of ether oxygens (including phenoxy) is 2. The topological polar surface area (TPSA) is 107 Å². The van der Waals surface area contributed by atoms with Gasteiger partial charge in [0.05, 0.1) is 48.0 Å². The van der Waals surface area contributed by atoms with Gasteiger partial charge in [-0.2, -0.15) is 9.40 Å². The summed E-state index contributed by atoms with van der Waals surface area (Å²) in [6.45, 7) is 1.16. The maximum absolute atomic E-state index is 13.7. The van der Waals surface area contributed by atoms with Gasteiger partial charge < -0.3 is 14.4 Å². The highest BCUT2D eigenvalue weighted by atomic mass is 32.2. The van der Waals surface area contributed by atoms with Crippen LogP contribution in [0.5, 0.6) is 5.75 Å². The van der Waals surface area contributed by atoms with Gasteiger partial charge in [0.15, 0.2) is 0 Å². The molecule has 0 saturated carbocycles. The van der Waals surface area contributed by atoms with Gasteiger partial charge in [-0.25, -0.2) is 8.42 Å². The van der Waals surface area contributed by atoms with Crippen molar-refractivity contribution in [3.8, 4) is 17.0 Å². The molecule has 43 heavy (non-hydrogen) atoms. The lowest BCUT2D eigenvalue weighted by atomic mass is 10.1. The molecule has 2 saturated heterocycles. The Hall–Kier alpha value is -4.06. The van der Waals surface area contributed by atoms with Crippen LogP contribution >= 0.6 is 0 Å². The van der Waals surface area contributed by atoms with Crippen molar-refractivity contribution in [3.63, 3.8) is 0 Å². The predicted octanol–water partition coefficient (Wildman–Crippen LogP) is 4.07. The van der Waals surface area contributed by atoms with Crippen LogP contribution in [-0.4, -0.2) is 77.2 Å². The SMILES string of the molecule is CO[C@@H]1CN(C(=O)c2cnn(C)c2-c2ccccc2)C[C@H]1Oc1cccc(CS(=O)(=O)N2CCCC2c2ccccn2)c1. The minimum atomic E-state index is -3.59. The van der Waals surface area contributed by atoms with Crippen LogP contribution in [0.15, 0.2) is 85.2 Å². The van der Waals surface area contributed by atoms with Gasteiger partial charge in [0.2, 0.25) is 10.0 Å². The van der Waals surface area contributed by atoms with E-state index in [0.29, 0.717) is 36.5 Å². The van der Waals surface area contributed by atoms with Gasteiger partial charge in [-0.1, -0.05) is 48.5 Å². The Bertz CT molecular complexity index is 1680. The number of aryl methyl sites for hydroxylation is 1. The van der Waals surface area contributed by atoms with Crippen LogP contribution < -0.4 is 4.74 Å². The highest BCUT2D eigenvalue weighted by Crippen LogP contribution is 2.35. The summed E-state index contributed by atoms with van der Waals surface area (Å²) in [4.78, 5) is 19.8. The number of rotatable bonds is 9. The van der Waals surface area contributed by atoms with E-state index in [1.54, 1.807) is 57.7 Å². The number of amides is 1. The zero-order valence-corrected chi connectivity index (χ0v) is 25.1. The molecule has 2 aliphatic heterocycles. The number of carbonyl (C=O) groups is 1. The highest BCUT2D eigenvalue weighted by Gasteiger charge is 2.39. The molecule has 4 heterocycles. The van der Waals surface area contributed by atoms with E-state index in [2.05, 4.69) is 10.1 Å². The largest absolute Gasteiger partial charge is 0.486 e. The molecule has 2 aromatic carbocycles. The Morgan fingerprint density at radius 3 is 2.56 bits per heavy atom. The number of carbonyl (C=O) groups excluding carboxylic acids is 1. The minimum Gasteiger partial charge on any atom is -0.486 e. The first kappa shape index (κ1) is 29.0. The van der Waals surface area contributed by atoms with Crippen molar-refractivity contribution >= 4 is 15.9 Å². The van der Waals surface area contributed by atoms with Crippen molar-refractivity contribution in [3.05, 3.63) is 102 Å². The molecule has 224 valence electrons. The molecule has 2 aliphatic rings. The zero-order valence-electron chi connectivity index (χ0n) is 24.2. The standard InChI is InChI=1S/C32H35N5O5S/c1-35-31(24-11-4-3-5-12-24)26(19-34-35)32(38)36-20-29(41-2)30(21-36)42-25-13-8-10-23(18-25)22-43(39,40)37-17-9-15-28(37)27-14-6-7-16-33-27/h3-8,10-14,16,18-19,28-30H,9,15,17,20-22H2,1-2H3/t28?,29-,30-/m1/s1. The van der Waals surface area contributed by atoms with Crippen LogP contribution in [0.1, 0.15) is 40.5 Å². The van der Waals surface area contributed by atoms with E-state index in [1.165, 1.54) is 0 Å². The van der Waals surface area contributed by atoms with Crippen LogP contribution in [0.4, 0.5) is 0 Å². The number of hydrogen-bond acceptors (Lipinski definition) is 7. The quantitative estimate of drug-likeness (QED) is 0.285. The average molecular weight is 602 g/mol. The molecule has 1 unspecified atom stereocenters. The Kier molecular flexibility index (Phi) is 8.29. The van der Waals surface area contributed by atoms with Crippen molar-refractivity contribution < 1.29 is 22.7 Å². The lowest BCUT2D eigenvalue weighted by molar-refractivity contribution is 0.0339. The van der Waals surface area contributed by atoms with Crippen LogP contribution in [0.25, 0.3) is 11.3 Å². The maximum Gasteiger partial charge on any atom is 0.257 e. The van der Waals surface area contributed by atoms with Crippen molar-refractivity contribution in [1.29, 1.82) is 0 Å². The van der Waals surface area contributed by atoms with Gasteiger partial charge in [0, 0.05) is 32.5 Å². The van der Waals surface area contributed by atoms with E-state index in [4.69, 9.17) is 9.47 Å². The molecule has 6 rings (SSSR count). The van der Waals surface area contributed by atoms with Gasteiger partial charge in [-0.3, -0.25) is 14.5 Å². The maximum atomic E-state index is 13.7. The van der Waals surface area contributed by atoms with Crippen molar-refractivity contribution in [1.82, 2.24) is 24.0 Å². The first-order chi connectivity index (χ1) is 20.8. The second-order valence-electron chi connectivity index (χ2n) is 11.0. The smallest absolute Gasteiger partial charge is 0.257 e. The molecule has 0 spiro atoms. The van der Waals surface area contributed by atoms with Crippen molar-refractivity contribution in [2.45, 2.75) is 36.8 Å². The van der Waals surface area contributed by atoms with E-state index in [0.717, 1.165) is 29.8 Å². The fraction of sp³-hybridized carbons (Fsp3) is 0.344. The lowest BCUT2D eigenvalue weighted by Crippen LogP contribution is -2.32. The predicted molar refractivity (Wildman–Crippen MR) is 162 cm³/mol. The number of pyridine rings is 1. The van der Waals surface area contributed by atoms with E-state index >= 15 is 0 Å². The third kappa shape index (κ3) is 6.06. The van der Waals surface area contributed by atoms with Gasteiger partial charge in [-0.05, 0) is 42.7 Å². The molecule has 2 aromatic heterocycles. The molecule has 10 nitrogen and oxygen atoms in total. The molecule has 4 aromatic rings. The molecule has 0 bridgehead atoms. The number of benzene rings is 2. The number of sulfonamides is 1. The summed E-state index contributed by atoms with van der Waals surface area (Å²) in [5.41, 5.74) is 3.58. The minimum absolute atomic E-state index is 0.139. The summed E-state index contributed by atoms with van der Waals surface area (Å²) in [5.74, 6) is 0.246. The second kappa shape index (κ2) is 12.3. The summed E-state index contributed by atoms with van der Waals surface area (Å²) < 4.78 is 42.4. The Morgan fingerprint density at radius 2 is 1.79 bits per heavy atom. The normalized spacial score (nSPS) is 20.9. The van der Waals surface area contributed by atoms with Crippen molar-refractivity contribution in [2.24, 2.45) is 7.05 Å². The van der Waals surface area contributed by atoms with Crippen LogP contribution in [-0.2, 0) is 27.6 Å². The Labute approximate surface area is 251 Å². The highest BCUT2D eigenvalue weighted by molar-refractivity contribution is 7.88. The molecular formula is C32H35N5O5S. The third-order valence-corrected chi connectivity index (χ3v) is 10.00. The molecule has 0 aliphatic carbocycles. The van der Waals surface area contributed by atoms with E-state index in [1.807, 2.05) is 55.6 Å². The number of nitrogens with zero attached hydrogens (tertiary/aromatic N) is 5. The van der Waals surface area contributed by atoms with Crippen molar-refractivity contribution in [2.75, 3.05) is 26.7 Å². The number of likely N-dealkylation sites (tertiary alicyclic amines) is 1. The summed E-state index contributed by atoms with van der Waals surface area (Å²) in [6, 6.07) is 22.2. The molecule has 3 atom stereocenters. The number of hydrogen-bond donors (Lipinski definition) is 0. The third-order valence-electron chi connectivity index (χ3n) is 8.15. The fourth-order valence-electron chi connectivity index (χ4n) is 6.07.